The fourth-order valence-corrected chi connectivity index (χ4v) is 30.3. The summed E-state index contributed by atoms with van der Waals surface area (Å²) in [6.45, 7) is 37.6. The molecule has 28 fully saturated rings. The Hall–Kier alpha value is -5.37. The van der Waals surface area contributed by atoms with Gasteiger partial charge in [-0.05, 0) is 295 Å². The SMILES string of the molecule is CC(C)(C)C(=O)OCC12CC3CC(C1)C1(OC4COC(=O)C4O1)C(C3)C2.CC(C)(C)C(=O)OCC12CC3CC(C1)C1(OC4OC5C(O)C(=O)OC5C4O1)C(C3)C2.CC(C)(C)C(=O)OCC1CCCCC1.CCOC(C)OC1C(=O)OC2C3OC4(OC3OC12)C1CC2CC4CC(COC(=O)C(C)(C)C)(C2)C1.CCOC1C(=O)OC2C3OC4(OC3OC12)C1CC2CC4CC(COC(=O)C(C)(C)C)(C2)C1. The Morgan fingerprint density at radius 1 is 0.365 bits per heavy atom. The summed E-state index contributed by atoms with van der Waals surface area (Å²) in [4.78, 5) is 109. The van der Waals surface area contributed by atoms with Crippen LogP contribution in [0.15, 0.2) is 0 Å². The van der Waals surface area contributed by atoms with Crippen LogP contribution in [-0.4, -0.2) is 245 Å². The molecular formula is C104H152O33. The molecule has 0 amide bonds. The van der Waals surface area contributed by atoms with Crippen molar-refractivity contribution in [2.75, 3.05) is 52.9 Å². The van der Waals surface area contributed by atoms with E-state index in [2.05, 4.69) is 0 Å². The third-order valence-corrected chi connectivity index (χ3v) is 35.6. The zero-order chi connectivity index (χ0) is 97.2. The van der Waals surface area contributed by atoms with Crippen molar-refractivity contribution in [3.63, 3.8) is 0 Å². The maximum atomic E-state index is 12.5. The van der Waals surface area contributed by atoms with Crippen LogP contribution in [0.1, 0.15) is 285 Å². The number of cyclic esters (lactones) is 1. The molecule has 0 aromatic heterocycles. The number of carbonyl (C=O) groups excluding carboxylic acids is 9. The van der Waals surface area contributed by atoms with E-state index in [1.165, 1.54) is 32.1 Å². The Kier molecular flexibility index (Phi) is 25.7. The molecule has 26 atom stereocenters. The van der Waals surface area contributed by atoms with Gasteiger partial charge in [-0.15, -0.1) is 0 Å². The number of aliphatic hydroxyl groups excluding tert-OH is 1. The number of hydrogen-bond acceptors (Lipinski definition) is 33. The standard InChI is InChI=1S/C26H38O9.C24H34O8.C22H30O8.C20H28O6.C12H22O2/c1-6-29-13(2)31-19-17-18(32-21(19)27)20-22(33-17)35-26(34-20)15-7-14-8-16(26)11-25(9-14,10-15)12-30-23(28)24(3,4)5;1-5-27-17-15-16(29-19(17)25)18-20(30-15)32-24(31-18)13-6-12-7-14(24)10-23(8-12,9-13)11-28-21(26)22(2,3)4;1-20(2,3)19(25)26-9-21-6-10-4-11(7-21)22(12(5-10)8-21)29-16-15-14(28-18(16)30-22)13(23)17(24)27-15;1-18(2,3)17(22)24-10-19-6-11-4-12(7-19)20(13(5-11)8-19)25-14-9-23-16(21)15(14)26-20;1-12(2,3)11(13)14-9-10-7-5-4-6-8-10/h13-20,22H,6-12H2,1-5H3;12-18,20H,5-11H2,1-4H3;10-16,18,23H,4-9H2,1-3H3;11-15H,4-10H2,1-3H3;10H,4-9H2,1-3H3. The summed E-state index contributed by atoms with van der Waals surface area (Å²) in [5, 5.41) is 9.97. The third kappa shape index (κ3) is 17.8. The lowest BCUT2D eigenvalue weighted by molar-refractivity contribution is -0.338. The molecule has 28 rings (SSSR count). The van der Waals surface area contributed by atoms with Gasteiger partial charge in [0.15, 0.2) is 109 Å². The van der Waals surface area contributed by atoms with Crippen LogP contribution in [0, 0.1) is 126 Å². The summed E-state index contributed by atoms with van der Waals surface area (Å²) in [5.74, 6) is -0.279. The number of ether oxygens (including phenoxy) is 23. The second-order valence-corrected chi connectivity index (χ2v) is 51.4. The highest BCUT2D eigenvalue weighted by Gasteiger charge is 2.78. The monoisotopic (exact) mass is 1930 g/mol. The molecule has 0 aromatic carbocycles. The first-order valence-electron chi connectivity index (χ1n) is 52.1. The van der Waals surface area contributed by atoms with Gasteiger partial charge in [-0.3, -0.25) is 24.0 Å². The number of fused-ring (bicyclic) bond motifs is 10. The highest BCUT2D eigenvalue weighted by Crippen LogP contribution is 2.73. The van der Waals surface area contributed by atoms with Crippen molar-refractivity contribution in [3.8, 4) is 0 Å². The summed E-state index contributed by atoms with van der Waals surface area (Å²) in [5.41, 5.74) is -2.29. The Morgan fingerprint density at radius 2 is 0.686 bits per heavy atom. The van der Waals surface area contributed by atoms with Crippen LogP contribution < -0.4 is 0 Å². The minimum absolute atomic E-state index is 0.00745. The van der Waals surface area contributed by atoms with Gasteiger partial charge < -0.3 is 114 Å². The van der Waals surface area contributed by atoms with Crippen molar-refractivity contribution in [2.45, 2.75) is 419 Å². The lowest BCUT2D eigenvalue weighted by Crippen LogP contribution is -2.63. The second-order valence-electron chi connectivity index (χ2n) is 51.4. The van der Waals surface area contributed by atoms with Gasteiger partial charge in [0.25, 0.3) is 0 Å². The predicted molar refractivity (Wildman–Crippen MR) is 475 cm³/mol. The lowest BCUT2D eigenvalue weighted by Gasteiger charge is -2.62. The molecular weight excluding hydrogens is 1780 g/mol. The average molecular weight is 1930 g/mol. The Labute approximate surface area is 804 Å². The first-order valence-corrected chi connectivity index (χ1v) is 52.1. The Bertz CT molecular complexity index is 4510. The van der Waals surface area contributed by atoms with E-state index in [1.54, 1.807) is 6.92 Å². The number of aliphatic hydroxyl groups is 1. The smallest absolute Gasteiger partial charge is 0.338 e. The van der Waals surface area contributed by atoms with Crippen molar-refractivity contribution in [1.82, 2.24) is 0 Å². The molecule has 11 aliphatic heterocycles. The molecule has 16 bridgehead atoms. The minimum Gasteiger partial charge on any atom is -0.465 e. The molecule has 33 nitrogen and oxygen atoms in total. The normalized spacial score (nSPS) is 47.0. The molecule has 137 heavy (non-hydrogen) atoms. The van der Waals surface area contributed by atoms with E-state index in [-0.39, 0.29) is 122 Å². The molecule has 26 unspecified atom stereocenters. The molecule has 0 radical (unpaired) electrons. The zero-order valence-corrected chi connectivity index (χ0v) is 83.7. The van der Waals surface area contributed by atoms with E-state index in [1.807, 2.05) is 118 Å². The summed E-state index contributed by atoms with van der Waals surface area (Å²) in [6.07, 6.45) is 15.9. The van der Waals surface area contributed by atoms with Gasteiger partial charge >= 0.3 is 53.7 Å². The third-order valence-electron chi connectivity index (χ3n) is 35.6. The van der Waals surface area contributed by atoms with E-state index in [0.29, 0.717) is 82.4 Å². The van der Waals surface area contributed by atoms with Gasteiger partial charge in [0.1, 0.15) is 31.0 Å². The van der Waals surface area contributed by atoms with Crippen molar-refractivity contribution < 1.29 is 157 Å². The first-order chi connectivity index (χ1) is 64.5. The highest BCUT2D eigenvalue weighted by molar-refractivity contribution is 5.81. The van der Waals surface area contributed by atoms with E-state index in [9.17, 15) is 48.3 Å². The van der Waals surface area contributed by atoms with Crippen LogP contribution in [0.2, 0.25) is 0 Å². The largest absolute Gasteiger partial charge is 0.465 e. The molecule has 17 aliphatic carbocycles. The van der Waals surface area contributed by atoms with E-state index in [0.717, 1.165) is 128 Å². The van der Waals surface area contributed by atoms with Gasteiger partial charge in [-0.1, -0.05) is 19.3 Å². The van der Waals surface area contributed by atoms with Gasteiger partial charge in [0.05, 0.1) is 60.1 Å². The van der Waals surface area contributed by atoms with Gasteiger partial charge in [-0.25, -0.2) is 19.2 Å². The number of hydrogen-bond donors (Lipinski definition) is 1. The summed E-state index contributed by atoms with van der Waals surface area (Å²) >= 11 is 0. The van der Waals surface area contributed by atoms with Crippen LogP contribution in [-0.2, 0) is 152 Å². The zero-order valence-electron chi connectivity index (χ0n) is 83.7. The molecule has 11 heterocycles. The van der Waals surface area contributed by atoms with E-state index in [4.69, 9.17) is 109 Å². The number of carbonyl (C=O) groups is 9. The van der Waals surface area contributed by atoms with Crippen molar-refractivity contribution in [1.29, 1.82) is 0 Å². The fourth-order valence-electron chi connectivity index (χ4n) is 30.3. The minimum atomic E-state index is -1.27. The maximum Gasteiger partial charge on any atom is 0.338 e. The van der Waals surface area contributed by atoms with Crippen LogP contribution in [0.3, 0.4) is 0 Å². The lowest BCUT2D eigenvalue weighted by atomic mass is 9.47. The average Bonchev–Trinajstić information content (AvgIpc) is 1.61. The molecule has 11 saturated heterocycles. The van der Waals surface area contributed by atoms with Crippen LogP contribution in [0.5, 0.6) is 0 Å². The van der Waals surface area contributed by atoms with Crippen molar-refractivity contribution in [2.24, 2.45) is 126 Å². The predicted octanol–water partition coefficient (Wildman–Crippen LogP) is 12.6. The van der Waals surface area contributed by atoms with Crippen molar-refractivity contribution in [3.05, 3.63) is 0 Å². The molecule has 17 saturated carbocycles. The topological polar surface area (TPSA) is 386 Å². The van der Waals surface area contributed by atoms with Crippen LogP contribution in [0.25, 0.3) is 0 Å². The van der Waals surface area contributed by atoms with Crippen LogP contribution >= 0.6 is 0 Å². The molecule has 4 spiro atoms. The van der Waals surface area contributed by atoms with E-state index < -0.39 is 161 Å². The van der Waals surface area contributed by atoms with Gasteiger partial charge in [0, 0.05) is 82.2 Å². The molecule has 33 heteroatoms. The highest BCUT2D eigenvalue weighted by atomic mass is 16.9. The second kappa shape index (κ2) is 35.5. The molecule has 28 aliphatic rings. The fraction of sp³-hybridized carbons (Fsp3) is 0.913. The van der Waals surface area contributed by atoms with E-state index >= 15 is 0 Å². The van der Waals surface area contributed by atoms with Crippen LogP contribution in [0.4, 0.5) is 0 Å². The number of esters is 9. The summed E-state index contributed by atoms with van der Waals surface area (Å²) in [7, 11) is 0. The number of rotatable bonds is 16. The molecule has 766 valence electrons. The summed E-state index contributed by atoms with van der Waals surface area (Å²) in [6, 6.07) is 0. The first kappa shape index (κ1) is 99.0. The Morgan fingerprint density at radius 3 is 1.03 bits per heavy atom. The maximum absolute atomic E-state index is 12.5. The molecule has 0 aromatic rings. The Balaban J connectivity index is 0.000000108. The quantitative estimate of drug-likeness (QED) is 0.0852. The van der Waals surface area contributed by atoms with Gasteiger partial charge in [-0.2, -0.15) is 0 Å². The van der Waals surface area contributed by atoms with Crippen molar-refractivity contribution >= 4 is 53.7 Å². The summed E-state index contributed by atoms with van der Waals surface area (Å²) < 4.78 is 137. The molecule has 1 N–H and O–H groups in total. The van der Waals surface area contributed by atoms with Gasteiger partial charge in [0.2, 0.25) is 0 Å².